The molecule has 1 aromatic heterocycles. The molecule has 0 spiro atoms. The molecular formula is C17H18N2O. The standard InChI is InChI=1S/C17H18N2O/c1-2-19(14-6-3-7-16(20)12-14)15-8-9-17-13(11-15)5-4-10-18-17/h4-5,8-12H,2-3,6-7H2,1H3. The highest BCUT2D eigenvalue weighted by atomic mass is 16.1. The summed E-state index contributed by atoms with van der Waals surface area (Å²) >= 11 is 0. The summed E-state index contributed by atoms with van der Waals surface area (Å²) in [5.41, 5.74) is 3.27. The molecule has 3 heteroatoms. The first-order chi connectivity index (χ1) is 9.78. The molecule has 1 aromatic carbocycles. The van der Waals surface area contributed by atoms with Crippen LogP contribution in [0.15, 0.2) is 48.3 Å². The van der Waals surface area contributed by atoms with Crippen LogP contribution in [0.4, 0.5) is 5.69 Å². The van der Waals surface area contributed by atoms with Gasteiger partial charge in [0.15, 0.2) is 5.78 Å². The average molecular weight is 266 g/mol. The Bertz CT molecular complexity index is 675. The number of hydrogen-bond donors (Lipinski definition) is 0. The molecule has 0 atom stereocenters. The Balaban J connectivity index is 2.00. The molecule has 0 saturated carbocycles. The number of ketones is 1. The van der Waals surface area contributed by atoms with Gasteiger partial charge in [-0.1, -0.05) is 6.07 Å². The molecule has 1 heterocycles. The van der Waals surface area contributed by atoms with Crippen molar-refractivity contribution >= 4 is 22.4 Å². The molecule has 20 heavy (non-hydrogen) atoms. The minimum absolute atomic E-state index is 0.243. The van der Waals surface area contributed by atoms with Crippen molar-refractivity contribution in [2.45, 2.75) is 26.2 Å². The normalized spacial score (nSPS) is 15.2. The van der Waals surface area contributed by atoms with Crippen LogP contribution in [-0.4, -0.2) is 17.3 Å². The van der Waals surface area contributed by atoms with Gasteiger partial charge in [-0.2, -0.15) is 0 Å². The first kappa shape index (κ1) is 12.9. The average Bonchev–Trinajstić information content (AvgIpc) is 2.48. The fourth-order valence-corrected chi connectivity index (χ4v) is 2.77. The summed E-state index contributed by atoms with van der Waals surface area (Å²) in [6.07, 6.45) is 6.23. The smallest absolute Gasteiger partial charge is 0.157 e. The predicted octanol–water partition coefficient (Wildman–Crippen LogP) is 3.70. The lowest BCUT2D eigenvalue weighted by atomic mass is 10.0. The minimum atomic E-state index is 0.243. The number of anilines is 1. The fourth-order valence-electron chi connectivity index (χ4n) is 2.77. The van der Waals surface area contributed by atoms with Crippen molar-refractivity contribution in [2.24, 2.45) is 0 Å². The number of rotatable bonds is 3. The third kappa shape index (κ3) is 2.44. The molecule has 3 rings (SSSR count). The molecule has 0 saturated heterocycles. The van der Waals surface area contributed by atoms with Crippen LogP contribution in [0.3, 0.4) is 0 Å². The van der Waals surface area contributed by atoms with E-state index in [0.29, 0.717) is 6.42 Å². The molecule has 102 valence electrons. The number of fused-ring (bicyclic) bond motifs is 1. The molecule has 0 fully saturated rings. The van der Waals surface area contributed by atoms with Gasteiger partial charge in [0.2, 0.25) is 0 Å². The number of allylic oxidation sites excluding steroid dienone is 2. The lowest BCUT2D eigenvalue weighted by Gasteiger charge is -2.28. The second kappa shape index (κ2) is 5.45. The van der Waals surface area contributed by atoms with Gasteiger partial charge in [-0.05, 0) is 44.0 Å². The van der Waals surface area contributed by atoms with Crippen LogP contribution in [0.2, 0.25) is 0 Å². The van der Waals surface area contributed by atoms with Crippen LogP contribution in [0.5, 0.6) is 0 Å². The van der Waals surface area contributed by atoms with Gasteiger partial charge in [0.05, 0.1) is 5.52 Å². The van der Waals surface area contributed by atoms with E-state index >= 15 is 0 Å². The third-order valence-corrected chi connectivity index (χ3v) is 3.74. The van der Waals surface area contributed by atoms with Gasteiger partial charge in [0.25, 0.3) is 0 Å². The minimum Gasteiger partial charge on any atom is -0.345 e. The highest BCUT2D eigenvalue weighted by Crippen LogP contribution is 2.27. The molecule has 0 unspecified atom stereocenters. The van der Waals surface area contributed by atoms with E-state index in [1.165, 1.54) is 0 Å². The van der Waals surface area contributed by atoms with Crippen LogP contribution in [0, 0.1) is 0 Å². The molecule has 1 aliphatic carbocycles. The molecule has 0 bridgehead atoms. The number of nitrogens with zero attached hydrogens (tertiary/aromatic N) is 2. The fraction of sp³-hybridized carbons (Fsp3) is 0.294. The summed E-state index contributed by atoms with van der Waals surface area (Å²) in [6.45, 7) is 2.98. The number of carbonyl (C=O) groups excluding carboxylic acids is 1. The van der Waals surface area contributed by atoms with Gasteiger partial charge in [0, 0.05) is 42.0 Å². The van der Waals surface area contributed by atoms with E-state index in [1.54, 1.807) is 6.08 Å². The van der Waals surface area contributed by atoms with Crippen molar-refractivity contribution in [3.63, 3.8) is 0 Å². The van der Waals surface area contributed by atoms with Crippen molar-refractivity contribution in [1.82, 2.24) is 4.98 Å². The van der Waals surface area contributed by atoms with Crippen molar-refractivity contribution in [2.75, 3.05) is 11.4 Å². The van der Waals surface area contributed by atoms with E-state index in [-0.39, 0.29) is 5.78 Å². The number of hydrogen-bond acceptors (Lipinski definition) is 3. The quantitative estimate of drug-likeness (QED) is 0.849. The molecule has 3 nitrogen and oxygen atoms in total. The molecule has 0 aliphatic heterocycles. The highest BCUT2D eigenvalue weighted by molar-refractivity contribution is 5.92. The number of aromatic nitrogens is 1. The van der Waals surface area contributed by atoms with E-state index in [1.807, 2.05) is 18.3 Å². The molecule has 2 aromatic rings. The molecule has 0 radical (unpaired) electrons. The topological polar surface area (TPSA) is 33.2 Å². The Morgan fingerprint density at radius 2 is 2.15 bits per heavy atom. The van der Waals surface area contributed by atoms with Crippen molar-refractivity contribution in [3.8, 4) is 0 Å². The summed E-state index contributed by atoms with van der Waals surface area (Å²) in [5, 5.41) is 1.13. The van der Waals surface area contributed by atoms with Crippen LogP contribution in [0.1, 0.15) is 26.2 Å². The van der Waals surface area contributed by atoms with Gasteiger partial charge < -0.3 is 4.90 Å². The number of carbonyl (C=O) groups is 1. The largest absolute Gasteiger partial charge is 0.345 e. The van der Waals surface area contributed by atoms with Crippen LogP contribution >= 0.6 is 0 Å². The summed E-state index contributed by atoms with van der Waals surface area (Å²) in [4.78, 5) is 18.2. The Labute approximate surface area is 118 Å². The van der Waals surface area contributed by atoms with E-state index in [0.717, 1.165) is 41.7 Å². The lowest BCUT2D eigenvalue weighted by molar-refractivity contribution is -0.115. The summed E-state index contributed by atoms with van der Waals surface area (Å²) in [5.74, 6) is 0.243. The summed E-state index contributed by atoms with van der Waals surface area (Å²) < 4.78 is 0. The van der Waals surface area contributed by atoms with Gasteiger partial charge in [0.1, 0.15) is 0 Å². The maximum absolute atomic E-state index is 11.6. The zero-order chi connectivity index (χ0) is 13.9. The van der Waals surface area contributed by atoms with Crippen LogP contribution < -0.4 is 4.90 Å². The maximum atomic E-state index is 11.6. The molecular weight excluding hydrogens is 248 g/mol. The SMILES string of the molecule is CCN(C1=CC(=O)CCC1)c1ccc2ncccc2c1. The maximum Gasteiger partial charge on any atom is 0.157 e. The zero-order valence-electron chi connectivity index (χ0n) is 11.7. The monoisotopic (exact) mass is 266 g/mol. The van der Waals surface area contributed by atoms with Gasteiger partial charge in [-0.25, -0.2) is 0 Å². The third-order valence-electron chi connectivity index (χ3n) is 3.74. The summed E-state index contributed by atoms with van der Waals surface area (Å²) in [6, 6.07) is 10.3. The van der Waals surface area contributed by atoms with E-state index < -0.39 is 0 Å². The first-order valence-electron chi connectivity index (χ1n) is 7.13. The summed E-state index contributed by atoms with van der Waals surface area (Å²) in [7, 11) is 0. The highest BCUT2D eigenvalue weighted by Gasteiger charge is 2.16. The van der Waals surface area contributed by atoms with E-state index in [4.69, 9.17) is 0 Å². The molecule has 1 aliphatic rings. The van der Waals surface area contributed by atoms with Crippen molar-refractivity contribution < 1.29 is 4.79 Å². The second-order valence-corrected chi connectivity index (χ2v) is 5.08. The number of benzene rings is 1. The van der Waals surface area contributed by atoms with E-state index in [2.05, 4.69) is 35.0 Å². The Morgan fingerprint density at radius 1 is 1.25 bits per heavy atom. The number of pyridine rings is 1. The van der Waals surface area contributed by atoms with Crippen molar-refractivity contribution in [3.05, 3.63) is 48.3 Å². The van der Waals surface area contributed by atoms with Gasteiger partial charge >= 0.3 is 0 Å². The molecule has 0 N–H and O–H groups in total. The second-order valence-electron chi connectivity index (χ2n) is 5.08. The van der Waals surface area contributed by atoms with Crippen LogP contribution in [-0.2, 0) is 4.79 Å². The predicted molar refractivity (Wildman–Crippen MR) is 81.7 cm³/mol. The lowest BCUT2D eigenvalue weighted by Crippen LogP contribution is -2.24. The Hall–Kier alpha value is -2.16. The Kier molecular flexibility index (Phi) is 3.50. The van der Waals surface area contributed by atoms with Crippen LogP contribution in [0.25, 0.3) is 10.9 Å². The van der Waals surface area contributed by atoms with Crippen molar-refractivity contribution in [1.29, 1.82) is 0 Å². The zero-order valence-corrected chi connectivity index (χ0v) is 11.7. The first-order valence-corrected chi connectivity index (χ1v) is 7.13. The van der Waals surface area contributed by atoms with Gasteiger partial charge in [-0.3, -0.25) is 9.78 Å². The van der Waals surface area contributed by atoms with Gasteiger partial charge in [-0.15, -0.1) is 0 Å². The molecule has 0 amide bonds. The Morgan fingerprint density at radius 3 is 2.95 bits per heavy atom. The van der Waals surface area contributed by atoms with E-state index in [9.17, 15) is 4.79 Å².